The maximum atomic E-state index is 12.9. The Balaban J connectivity index is 1.60. The first-order valence-electron chi connectivity index (χ1n) is 8.43. The van der Waals surface area contributed by atoms with E-state index >= 15 is 0 Å². The number of nitrogens with zero attached hydrogens (tertiary/aromatic N) is 3. The Bertz CT molecular complexity index is 702. The predicted octanol–water partition coefficient (Wildman–Crippen LogP) is 3.61. The van der Waals surface area contributed by atoms with Crippen molar-refractivity contribution in [2.24, 2.45) is 0 Å². The molecule has 2 aromatic heterocycles. The van der Waals surface area contributed by atoms with Crippen molar-refractivity contribution in [3.05, 3.63) is 35.0 Å². The summed E-state index contributed by atoms with van der Waals surface area (Å²) in [6, 6.07) is 3.68. The summed E-state index contributed by atoms with van der Waals surface area (Å²) in [5.41, 5.74) is 1.25. The number of aryl methyl sites for hydroxylation is 1. The van der Waals surface area contributed by atoms with E-state index in [1.54, 1.807) is 0 Å². The molecule has 1 aliphatic carbocycles. The normalized spacial score (nSPS) is 22.1. The van der Waals surface area contributed by atoms with Crippen LogP contribution in [0.3, 0.4) is 0 Å². The predicted molar refractivity (Wildman–Crippen MR) is 82.0 cm³/mol. The third kappa shape index (κ3) is 2.90. The van der Waals surface area contributed by atoms with Crippen LogP contribution < -0.4 is 0 Å². The zero-order valence-electron chi connectivity index (χ0n) is 13.3. The van der Waals surface area contributed by atoms with E-state index in [1.807, 2.05) is 24.0 Å². The van der Waals surface area contributed by atoms with Gasteiger partial charge in [-0.25, -0.2) is 0 Å². The van der Waals surface area contributed by atoms with Gasteiger partial charge in [0.15, 0.2) is 11.5 Å². The first-order chi connectivity index (χ1) is 11.2. The number of aromatic nitrogens is 2. The second kappa shape index (κ2) is 5.83. The van der Waals surface area contributed by atoms with E-state index in [0.29, 0.717) is 11.6 Å². The lowest BCUT2D eigenvalue weighted by atomic mass is 10.1. The molecule has 122 valence electrons. The Morgan fingerprint density at radius 1 is 1.09 bits per heavy atom. The first-order valence-corrected chi connectivity index (χ1v) is 8.43. The molecule has 1 aliphatic heterocycles. The van der Waals surface area contributed by atoms with Crippen molar-refractivity contribution in [1.29, 1.82) is 0 Å². The topological polar surface area (TPSA) is 72.4 Å². The van der Waals surface area contributed by atoms with Crippen LogP contribution in [0.2, 0.25) is 0 Å². The molecule has 0 aromatic carbocycles. The number of hydrogen-bond acceptors (Lipinski definition) is 5. The molecule has 6 nitrogen and oxygen atoms in total. The molecule has 1 saturated heterocycles. The van der Waals surface area contributed by atoms with E-state index in [4.69, 9.17) is 9.05 Å². The third-order valence-electron chi connectivity index (χ3n) is 4.72. The van der Waals surface area contributed by atoms with E-state index in [9.17, 15) is 4.79 Å². The minimum absolute atomic E-state index is 0.0627. The minimum Gasteiger partial charge on any atom is -0.360 e. The van der Waals surface area contributed by atoms with Crippen molar-refractivity contribution < 1.29 is 13.8 Å². The summed E-state index contributed by atoms with van der Waals surface area (Å²) in [4.78, 5) is 14.8. The van der Waals surface area contributed by atoms with Crippen LogP contribution in [0.15, 0.2) is 21.2 Å². The Morgan fingerprint density at radius 2 is 1.91 bits per heavy atom. The summed E-state index contributed by atoms with van der Waals surface area (Å²) in [5, 5.41) is 7.98. The molecule has 1 saturated carbocycles. The molecule has 2 aliphatic rings. The summed E-state index contributed by atoms with van der Waals surface area (Å²) in [6.07, 6.45) is 6.37. The lowest BCUT2D eigenvalue weighted by Gasteiger charge is -2.27. The highest BCUT2D eigenvalue weighted by Gasteiger charge is 2.33. The molecule has 3 heterocycles. The minimum atomic E-state index is -0.0680. The maximum absolute atomic E-state index is 12.9. The Labute approximate surface area is 134 Å². The number of likely N-dealkylation sites (tertiary alicyclic amines) is 1. The third-order valence-corrected chi connectivity index (χ3v) is 4.72. The standard InChI is InChI=1S/C17H21N3O3/c1-11-9-16(23-18-11)14-5-3-2-4-8-20(14)17(21)13-10-15(22-19-13)12-6-7-12/h9-10,12,14H,2-8H2,1H3/t14-/m0/s1. The van der Waals surface area contributed by atoms with Crippen LogP contribution in [0.1, 0.15) is 78.2 Å². The number of hydrogen-bond donors (Lipinski definition) is 0. The molecular weight excluding hydrogens is 294 g/mol. The smallest absolute Gasteiger partial charge is 0.276 e. The highest BCUT2D eigenvalue weighted by atomic mass is 16.5. The fraction of sp³-hybridized carbons (Fsp3) is 0.588. The number of rotatable bonds is 3. The van der Waals surface area contributed by atoms with Crippen molar-refractivity contribution in [2.45, 2.75) is 57.4 Å². The number of carbonyl (C=O) groups is 1. The van der Waals surface area contributed by atoms with Crippen molar-refractivity contribution in [3.63, 3.8) is 0 Å². The molecule has 2 aromatic rings. The fourth-order valence-electron chi connectivity index (χ4n) is 3.29. The molecule has 0 unspecified atom stereocenters. The van der Waals surface area contributed by atoms with Gasteiger partial charge < -0.3 is 13.9 Å². The van der Waals surface area contributed by atoms with Gasteiger partial charge >= 0.3 is 0 Å². The van der Waals surface area contributed by atoms with Crippen LogP contribution in [-0.2, 0) is 0 Å². The first kappa shape index (κ1) is 14.5. The van der Waals surface area contributed by atoms with Gasteiger partial charge in [0, 0.05) is 24.6 Å². The van der Waals surface area contributed by atoms with Gasteiger partial charge in [-0.15, -0.1) is 0 Å². The average Bonchev–Trinajstić information content (AvgIpc) is 3.21. The zero-order chi connectivity index (χ0) is 15.8. The van der Waals surface area contributed by atoms with Crippen LogP contribution in [0.25, 0.3) is 0 Å². The quantitative estimate of drug-likeness (QED) is 0.865. The molecule has 0 N–H and O–H groups in total. The molecule has 1 atom stereocenters. The van der Waals surface area contributed by atoms with Gasteiger partial charge in [0.1, 0.15) is 5.76 Å². The molecule has 2 fully saturated rings. The Morgan fingerprint density at radius 3 is 2.65 bits per heavy atom. The summed E-state index contributed by atoms with van der Waals surface area (Å²) >= 11 is 0. The zero-order valence-corrected chi connectivity index (χ0v) is 13.3. The Kier molecular flexibility index (Phi) is 3.67. The molecular formula is C17H21N3O3. The van der Waals surface area contributed by atoms with Gasteiger partial charge in [-0.2, -0.15) is 0 Å². The second-order valence-electron chi connectivity index (χ2n) is 6.62. The number of carbonyl (C=O) groups excluding carboxylic acids is 1. The van der Waals surface area contributed by atoms with Crippen molar-refractivity contribution in [2.75, 3.05) is 6.54 Å². The molecule has 1 amide bonds. The van der Waals surface area contributed by atoms with Gasteiger partial charge in [-0.1, -0.05) is 23.2 Å². The molecule has 6 heteroatoms. The molecule has 0 spiro atoms. The summed E-state index contributed by atoms with van der Waals surface area (Å²) in [6.45, 7) is 2.62. The van der Waals surface area contributed by atoms with Crippen LogP contribution in [0.5, 0.6) is 0 Å². The molecule has 4 rings (SSSR count). The summed E-state index contributed by atoms with van der Waals surface area (Å²) in [5.74, 6) is 2.00. The lowest BCUT2D eigenvalue weighted by molar-refractivity contribution is 0.0640. The lowest BCUT2D eigenvalue weighted by Crippen LogP contribution is -2.34. The van der Waals surface area contributed by atoms with Crippen LogP contribution >= 0.6 is 0 Å². The van der Waals surface area contributed by atoms with Gasteiger partial charge in [-0.05, 0) is 32.6 Å². The molecule has 0 radical (unpaired) electrons. The summed E-state index contributed by atoms with van der Waals surface area (Å²) < 4.78 is 10.8. The second-order valence-corrected chi connectivity index (χ2v) is 6.62. The van der Waals surface area contributed by atoms with Gasteiger partial charge in [0.05, 0.1) is 11.7 Å². The fourth-order valence-corrected chi connectivity index (χ4v) is 3.29. The van der Waals surface area contributed by atoms with Crippen LogP contribution in [0.4, 0.5) is 0 Å². The largest absolute Gasteiger partial charge is 0.360 e. The summed E-state index contributed by atoms with van der Waals surface area (Å²) in [7, 11) is 0. The highest BCUT2D eigenvalue weighted by Crippen LogP contribution is 2.40. The van der Waals surface area contributed by atoms with Crippen molar-refractivity contribution in [1.82, 2.24) is 15.2 Å². The van der Waals surface area contributed by atoms with Gasteiger partial charge in [-0.3, -0.25) is 4.79 Å². The SMILES string of the molecule is Cc1cc([C@@H]2CCCCCN2C(=O)c2cc(C3CC3)on2)on1. The van der Waals surface area contributed by atoms with Gasteiger partial charge in [0.25, 0.3) is 5.91 Å². The van der Waals surface area contributed by atoms with E-state index in [2.05, 4.69) is 10.3 Å². The number of amides is 1. The Hall–Kier alpha value is -2.11. The molecule has 23 heavy (non-hydrogen) atoms. The van der Waals surface area contributed by atoms with Gasteiger partial charge in [0.2, 0.25) is 0 Å². The maximum Gasteiger partial charge on any atom is 0.276 e. The van der Waals surface area contributed by atoms with E-state index in [-0.39, 0.29) is 11.9 Å². The highest BCUT2D eigenvalue weighted by molar-refractivity contribution is 5.92. The van der Waals surface area contributed by atoms with Crippen molar-refractivity contribution in [3.8, 4) is 0 Å². The van der Waals surface area contributed by atoms with Crippen molar-refractivity contribution >= 4 is 5.91 Å². The molecule has 0 bridgehead atoms. The van der Waals surface area contributed by atoms with E-state index in [1.165, 1.54) is 0 Å². The van der Waals surface area contributed by atoms with Crippen LogP contribution in [-0.4, -0.2) is 27.7 Å². The average molecular weight is 315 g/mol. The van der Waals surface area contributed by atoms with E-state index in [0.717, 1.165) is 62.3 Å². The van der Waals surface area contributed by atoms with E-state index < -0.39 is 0 Å². The monoisotopic (exact) mass is 315 g/mol. The van der Waals surface area contributed by atoms with Crippen LogP contribution in [0, 0.1) is 6.92 Å².